The van der Waals surface area contributed by atoms with Crippen LogP contribution in [0.25, 0.3) is 39.1 Å². The molecule has 0 unspecified atom stereocenters. The molecule has 0 fully saturated rings. The summed E-state index contributed by atoms with van der Waals surface area (Å²) in [6.45, 7) is 12.3. The summed E-state index contributed by atoms with van der Waals surface area (Å²) >= 11 is 0. The molecule has 240 valence electrons. The van der Waals surface area contributed by atoms with Crippen molar-refractivity contribution in [1.29, 1.82) is 0 Å². The van der Waals surface area contributed by atoms with Crippen LogP contribution in [0.3, 0.4) is 0 Å². The van der Waals surface area contributed by atoms with E-state index in [9.17, 15) is 0 Å². The Morgan fingerprint density at radius 1 is 0.830 bits per heavy atom. The smallest absolute Gasteiger partial charge is 0.268 e. The summed E-state index contributed by atoms with van der Waals surface area (Å²) in [5, 5.41) is 2.18. The molecule has 0 spiro atoms. The van der Waals surface area contributed by atoms with Crippen molar-refractivity contribution in [3.8, 4) is 28.8 Å². The van der Waals surface area contributed by atoms with Gasteiger partial charge in [-0.25, -0.2) is 4.98 Å². The van der Waals surface area contributed by atoms with Gasteiger partial charge in [0, 0.05) is 53.7 Å². The predicted molar refractivity (Wildman–Crippen MR) is 182 cm³/mol. The van der Waals surface area contributed by atoms with E-state index in [4.69, 9.17) is 12.5 Å². The molecule has 7 aromatic rings. The van der Waals surface area contributed by atoms with Crippen LogP contribution >= 0.6 is 0 Å². The minimum atomic E-state index is -1.51. The molecule has 0 N–H and O–H groups in total. The maximum atomic E-state index is 8.70. The van der Waals surface area contributed by atoms with Crippen LogP contribution < -0.4 is 9.30 Å². The van der Waals surface area contributed by atoms with Crippen LogP contribution in [0.2, 0.25) is 0 Å². The van der Waals surface area contributed by atoms with Gasteiger partial charge in [0.15, 0.2) is 0 Å². The Morgan fingerprint density at radius 3 is 2.43 bits per heavy atom. The summed E-state index contributed by atoms with van der Waals surface area (Å²) < 4.78 is 29.4. The Kier molecular flexibility index (Phi) is 7.98. The van der Waals surface area contributed by atoms with E-state index >= 15 is 0 Å². The number of imidazole rings is 1. The van der Waals surface area contributed by atoms with E-state index in [2.05, 4.69) is 79.1 Å². The van der Waals surface area contributed by atoms with Gasteiger partial charge in [0.25, 0.3) is 6.33 Å². The average molecular weight is 801 g/mol. The van der Waals surface area contributed by atoms with E-state index in [0.717, 1.165) is 33.3 Å². The number of hydrogen-bond donors (Lipinski definition) is 0. The molecule has 0 amide bonds. The Morgan fingerprint density at radius 2 is 1.62 bits per heavy atom. The van der Waals surface area contributed by atoms with Crippen molar-refractivity contribution in [1.82, 2.24) is 19.1 Å². The number of pyridine rings is 2. The third-order valence-electron chi connectivity index (χ3n) is 7.73. The quantitative estimate of drug-likeness (QED) is 0.125. The van der Waals surface area contributed by atoms with Crippen molar-refractivity contribution in [2.45, 2.75) is 53.3 Å². The van der Waals surface area contributed by atoms with Crippen LogP contribution in [0.1, 0.15) is 55.4 Å². The number of para-hydroxylation sites is 1. The van der Waals surface area contributed by atoms with Crippen LogP contribution in [-0.2, 0) is 32.9 Å². The van der Waals surface area contributed by atoms with Gasteiger partial charge in [-0.1, -0.05) is 89.2 Å². The Labute approximate surface area is 293 Å². The van der Waals surface area contributed by atoms with Gasteiger partial charge < -0.3 is 9.30 Å². The standard InChI is InChI=1S/C40H37N5O.Pt/c1-39(2,3)26-28-10-9-11-30(22-28)43-20-21-44(27-43)37-25-32(17-19-41-37)46-31-14-15-34-33-12-7-8-13-35(33)45(36(34)24-31)38-23-29(16-18-42-38)40(4,5)6;/h7-23H,26H2,1-6H3;/q-2;/i26D2;. The van der Waals surface area contributed by atoms with Crippen LogP contribution in [-0.4, -0.2) is 19.1 Å². The zero-order valence-corrected chi connectivity index (χ0v) is 29.5. The normalized spacial score (nSPS) is 12.9. The number of benzene rings is 3. The first kappa shape index (κ1) is 29.8. The van der Waals surface area contributed by atoms with Crippen LogP contribution in [0.5, 0.6) is 11.5 Å². The minimum absolute atomic E-state index is 0. The van der Waals surface area contributed by atoms with Crippen molar-refractivity contribution in [3.05, 3.63) is 133 Å². The largest absolute Gasteiger partial charge is 0.522 e. The third kappa shape index (κ3) is 6.80. The summed E-state index contributed by atoms with van der Waals surface area (Å²) in [7, 11) is 0. The first-order valence-corrected chi connectivity index (χ1v) is 15.4. The molecule has 0 saturated carbocycles. The van der Waals surface area contributed by atoms with Crippen LogP contribution in [0.15, 0.2) is 104 Å². The van der Waals surface area contributed by atoms with Crippen molar-refractivity contribution in [3.63, 3.8) is 0 Å². The fourth-order valence-electron chi connectivity index (χ4n) is 5.58. The molecule has 3 aromatic carbocycles. The number of aromatic nitrogens is 5. The minimum Gasteiger partial charge on any atom is -0.522 e. The second kappa shape index (κ2) is 12.6. The summed E-state index contributed by atoms with van der Waals surface area (Å²) in [5.41, 5.74) is 3.96. The SMILES string of the molecule is [2H]C([2H])(c1cccc(-[n+]2[c-]n(-c3[c-]c(Oc4[c-]c5c(cc4)c4ccccc4n5-c4cc(C(C)(C)C)ccn4)ccn3)cc2)c1)C(C)(C)C.[Pt]. The van der Waals surface area contributed by atoms with Gasteiger partial charge in [-0.2, -0.15) is 18.2 Å². The number of nitrogens with zero attached hydrogens (tertiary/aromatic N) is 5. The molecular weight excluding hydrogens is 762 g/mol. The summed E-state index contributed by atoms with van der Waals surface area (Å²) in [4.78, 5) is 9.27. The molecular formula is C40H37N5OPt-2. The van der Waals surface area contributed by atoms with Gasteiger partial charge in [0.1, 0.15) is 5.82 Å². The van der Waals surface area contributed by atoms with Crippen molar-refractivity contribution in [2.75, 3.05) is 0 Å². The summed E-state index contributed by atoms with van der Waals surface area (Å²) in [6, 6.07) is 32.5. The Bertz CT molecular complexity index is 2290. The van der Waals surface area contributed by atoms with Gasteiger partial charge in [0.2, 0.25) is 0 Å². The first-order chi connectivity index (χ1) is 22.8. The average Bonchev–Trinajstić information content (AvgIpc) is 3.68. The van der Waals surface area contributed by atoms with E-state index in [1.807, 2.05) is 86.4 Å². The van der Waals surface area contributed by atoms with E-state index in [-0.39, 0.29) is 26.5 Å². The Hall–Kier alpha value is -4.54. The molecule has 6 nitrogen and oxygen atoms in total. The molecule has 0 radical (unpaired) electrons. The van der Waals surface area contributed by atoms with Gasteiger partial charge in [-0.3, -0.25) is 14.1 Å². The third-order valence-corrected chi connectivity index (χ3v) is 7.73. The fourth-order valence-corrected chi connectivity index (χ4v) is 5.58. The zero-order chi connectivity index (χ0) is 33.8. The van der Waals surface area contributed by atoms with Crippen molar-refractivity contribution >= 4 is 21.8 Å². The molecule has 0 aliphatic heterocycles. The summed E-state index contributed by atoms with van der Waals surface area (Å²) in [5.74, 6) is 2.37. The molecule has 0 aliphatic rings. The van der Waals surface area contributed by atoms with Crippen LogP contribution in [0.4, 0.5) is 0 Å². The van der Waals surface area contributed by atoms with E-state index in [1.54, 1.807) is 16.8 Å². The molecule has 0 atom stereocenters. The van der Waals surface area contributed by atoms with E-state index < -0.39 is 11.8 Å². The first-order valence-electron chi connectivity index (χ1n) is 16.4. The molecule has 4 aromatic heterocycles. The van der Waals surface area contributed by atoms with Crippen molar-refractivity contribution in [2.24, 2.45) is 5.41 Å². The molecule has 47 heavy (non-hydrogen) atoms. The molecule has 7 heteroatoms. The predicted octanol–water partition coefficient (Wildman–Crippen LogP) is 8.72. The van der Waals surface area contributed by atoms with Gasteiger partial charge in [-0.05, 0) is 64.2 Å². The molecule has 4 heterocycles. The van der Waals surface area contributed by atoms with Crippen molar-refractivity contribution < 1.29 is 33.1 Å². The van der Waals surface area contributed by atoms with E-state index in [0.29, 0.717) is 22.9 Å². The molecule has 0 aliphatic carbocycles. The topological polar surface area (TPSA) is 48.8 Å². The fraction of sp³-hybridized carbons (Fsp3) is 0.225. The number of hydrogen-bond acceptors (Lipinski definition) is 3. The second-order valence-corrected chi connectivity index (χ2v) is 13.5. The maximum Gasteiger partial charge on any atom is 0.268 e. The van der Waals surface area contributed by atoms with Gasteiger partial charge >= 0.3 is 0 Å². The second-order valence-electron chi connectivity index (χ2n) is 13.5. The Balaban J connectivity index is 0.00000417. The van der Waals surface area contributed by atoms with E-state index in [1.165, 1.54) is 5.56 Å². The van der Waals surface area contributed by atoms with Gasteiger partial charge in [-0.15, -0.1) is 17.5 Å². The molecule has 7 rings (SSSR count). The van der Waals surface area contributed by atoms with Gasteiger partial charge in [0.05, 0.1) is 11.5 Å². The summed E-state index contributed by atoms with van der Waals surface area (Å²) in [6.07, 6.45) is 9.01. The zero-order valence-electron chi connectivity index (χ0n) is 29.3. The maximum absolute atomic E-state index is 8.70. The molecule has 0 saturated heterocycles. The number of rotatable bonds is 6. The monoisotopic (exact) mass is 800 g/mol. The number of fused-ring (bicyclic) bond motifs is 3. The molecule has 0 bridgehead atoms. The van der Waals surface area contributed by atoms with Crippen LogP contribution in [0, 0.1) is 23.9 Å². The number of ether oxygens (including phenoxy) is 1.